The van der Waals surface area contributed by atoms with Crippen molar-refractivity contribution >= 4 is 34.8 Å². The van der Waals surface area contributed by atoms with Gasteiger partial charge in [-0.25, -0.2) is 4.68 Å². The van der Waals surface area contributed by atoms with E-state index in [0.717, 1.165) is 0 Å². The minimum Gasteiger partial charge on any atom is -0.504 e. The van der Waals surface area contributed by atoms with Crippen molar-refractivity contribution in [2.24, 2.45) is 0 Å². The Morgan fingerprint density at radius 2 is 2.26 bits per heavy atom. The van der Waals surface area contributed by atoms with E-state index in [2.05, 4.69) is 20.8 Å². The Bertz CT molecular complexity index is 615. The van der Waals surface area contributed by atoms with Crippen LogP contribution in [0.5, 0.6) is 5.75 Å². The van der Waals surface area contributed by atoms with Gasteiger partial charge in [0, 0.05) is 5.02 Å². The summed E-state index contributed by atoms with van der Waals surface area (Å²) in [5.41, 5.74) is 0.679. The first-order valence-corrected chi connectivity index (χ1v) is 5.93. The molecule has 0 atom stereocenters. The quantitative estimate of drug-likeness (QED) is 0.841. The monoisotopic (exact) mass is 301 g/mol. The van der Waals surface area contributed by atoms with Crippen LogP contribution >= 0.6 is 23.2 Å². The summed E-state index contributed by atoms with van der Waals surface area (Å²) in [4.78, 5) is 11.7. The topological polar surface area (TPSA) is 92.9 Å². The van der Waals surface area contributed by atoms with Crippen molar-refractivity contribution in [3.63, 3.8) is 0 Å². The zero-order chi connectivity index (χ0) is 14.0. The van der Waals surface area contributed by atoms with Crippen LogP contribution in [-0.4, -0.2) is 31.2 Å². The number of benzene rings is 1. The number of carbonyl (C=O) groups excluding carboxylic acids is 1. The van der Waals surface area contributed by atoms with E-state index in [9.17, 15) is 9.90 Å². The number of rotatable bonds is 3. The number of halogens is 2. The highest BCUT2D eigenvalue weighted by molar-refractivity contribution is 6.37. The van der Waals surface area contributed by atoms with Gasteiger partial charge in [-0.3, -0.25) is 4.79 Å². The maximum atomic E-state index is 11.7. The molecule has 9 heteroatoms. The Kier molecular flexibility index (Phi) is 3.87. The van der Waals surface area contributed by atoms with E-state index < -0.39 is 5.91 Å². The Labute approximate surface area is 118 Å². The number of phenols is 1. The van der Waals surface area contributed by atoms with Crippen molar-refractivity contribution in [2.75, 3.05) is 5.32 Å². The predicted molar refractivity (Wildman–Crippen MR) is 69.3 cm³/mol. The summed E-state index contributed by atoms with van der Waals surface area (Å²) in [6, 6.07) is 1.43. The van der Waals surface area contributed by atoms with Crippen LogP contribution in [0.15, 0.2) is 12.4 Å². The van der Waals surface area contributed by atoms with Gasteiger partial charge in [-0.15, -0.1) is 5.10 Å². The molecule has 1 aromatic heterocycles. The lowest BCUT2D eigenvalue weighted by Gasteiger charge is -2.11. The lowest BCUT2D eigenvalue weighted by molar-refractivity contribution is -0.116. The third kappa shape index (κ3) is 2.94. The molecule has 0 fully saturated rings. The first kappa shape index (κ1) is 13.6. The summed E-state index contributed by atoms with van der Waals surface area (Å²) in [6.07, 6.45) is 1.30. The van der Waals surface area contributed by atoms with E-state index >= 15 is 0 Å². The summed E-state index contributed by atoms with van der Waals surface area (Å²) < 4.78 is 1.24. The first-order valence-electron chi connectivity index (χ1n) is 5.17. The van der Waals surface area contributed by atoms with Crippen molar-refractivity contribution in [1.29, 1.82) is 0 Å². The number of phenolic OH excluding ortho intramolecular Hbond substituents is 1. The highest BCUT2D eigenvalue weighted by Crippen LogP contribution is 2.38. The molecule has 0 unspecified atom stereocenters. The van der Waals surface area contributed by atoms with E-state index in [0.29, 0.717) is 10.6 Å². The molecule has 1 aromatic carbocycles. The second-order valence-electron chi connectivity index (χ2n) is 3.75. The number of nitrogens with zero attached hydrogens (tertiary/aromatic N) is 4. The maximum Gasteiger partial charge on any atom is 0.246 e. The van der Waals surface area contributed by atoms with E-state index in [1.54, 1.807) is 6.92 Å². The van der Waals surface area contributed by atoms with Gasteiger partial charge in [-0.05, 0) is 29.0 Å². The number of anilines is 1. The fourth-order valence-electron chi connectivity index (χ4n) is 1.39. The average molecular weight is 302 g/mol. The van der Waals surface area contributed by atoms with Gasteiger partial charge in [-0.2, -0.15) is 0 Å². The van der Waals surface area contributed by atoms with Crippen LogP contribution in [0.25, 0.3) is 0 Å². The number of hydrogen-bond acceptors (Lipinski definition) is 5. The third-order valence-corrected chi connectivity index (χ3v) is 3.25. The number of amides is 1. The van der Waals surface area contributed by atoms with Crippen LogP contribution in [0.1, 0.15) is 5.56 Å². The molecule has 0 aliphatic rings. The standard InChI is InChI=1S/C10H9Cl2N5O2/c1-5-6(11)2-7(10(19)9(5)12)14-8(18)3-17-4-13-15-16-17/h2,4,19H,3H2,1H3,(H,14,18). The van der Waals surface area contributed by atoms with E-state index in [-0.39, 0.29) is 23.0 Å². The van der Waals surface area contributed by atoms with Crippen molar-refractivity contribution in [3.8, 4) is 5.75 Å². The van der Waals surface area contributed by atoms with Crippen LogP contribution in [0.4, 0.5) is 5.69 Å². The molecule has 7 nitrogen and oxygen atoms in total. The summed E-state index contributed by atoms with van der Waals surface area (Å²) in [7, 11) is 0. The smallest absolute Gasteiger partial charge is 0.246 e. The molecular formula is C10H9Cl2N5O2. The van der Waals surface area contributed by atoms with Crippen LogP contribution in [-0.2, 0) is 11.3 Å². The number of tetrazole rings is 1. The van der Waals surface area contributed by atoms with Gasteiger partial charge < -0.3 is 10.4 Å². The Balaban J connectivity index is 2.17. The summed E-state index contributed by atoms with van der Waals surface area (Å²) in [6.45, 7) is 1.58. The highest BCUT2D eigenvalue weighted by atomic mass is 35.5. The molecule has 0 aliphatic heterocycles. The van der Waals surface area contributed by atoms with Crippen molar-refractivity contribution in [3.05, 3.63) is 28.0 Å². The Hall–Kier alpha value is -1.86. The highest BCUT2D eigenvalue weighted by Gasteiger charge is 2.14. The summed E-state index contributed by atoms with van der Waals surface area (Å²) >= 11 is 11.8. The van der Waals surface area contributed by atoms with Crippen LogP contribution in [0, 0.1) is 6.92 Å². The molecular weight excluding hydrogens is 293 g/mol. The Morgan fingerprint density at radius 3 is 2.89 bits per heavy atom. The lowest BCUT2D eigenvalue weighted by atomic mass is 10.2. The van der Waals surface area contributed by atoms with Gasteiger partial charge in [0.15, 0.2) is 5.75 Å². The van der Waals surface area contributed by atoms with Gasteiger partial charge in [0.25, 0.3) is 0 Å². The number of hydrogen-bond donors (Lipinski definition) is 2. The zero-order valence-corrected chi connectivity index (χ0v) is 11.3. The third-order valence-electron chi connectivity index (χ3n) is 2.39. The minimum absolute atomic E-state index is 0.0877. The van der Waals surface area contributed by atoms with Gasteiger partial charge in [-0.1, -0.05) is 23.2 Å². The fourth-order valence-corrected chi connectivity index (χ4v) is 1.84. The normalized spacial score (nSPS) is 10.5. The maximum absolute atomic E-state index is 11.7. The summed E-state index contributed by atoms with van der Waals surface area (Å²) in [5, 5.41) is 23.1. The first-order chi connectivity index (χ1) is 8.99. The number of carbonyl (C=O) groups is 1. The molecule has 0 saturated carbocycles. The van der Waals surface area contributed by atoms with E-state index in [1.807, 2.05) is 0 Å². The van der Waals surface area contributed by atoms with E-state index in [4.69, 9.17) is 23.2 Å². The Morgan fingerprint density at radius 1 is 1.53 bits per heavy atom. The van der Waals surface area contributed by atoms with Crippen molar-refractivity contribution in [2.45, 2.75) is 13.5 Å². The number of nitrogens with one attached hydrogen (secondary N) is 1. The molecule has 0 saturated heterocycles. The average Bonchev–Trinajstić information content (AvgIpc) is 2.86. The molecule has 2 rings (SSSR count). The number of aromatic hydroxyl groups is 1. The predicted octanol–water partition coefficient (Wildman–Crippen LogP) is 1.63. The molecule has 100 valence electrons. The number of aromatic nitrogens is 4. The molecule has 19 heavy (non-hydrogen) atoms. The van der Waals surface area contributed by atoms with Gasteiger partial charge in [0.05, 0.1) is 10.7 Å². The van der Waals surface area contributed by atoms with E-state index in [1.165, 1.54) is 17.1 Å². The molecule has 2 N–H and O–H groups in total. The molecule has 1 amide bonds. The molecule has 0 aliphatic carbocycles. The van der Waals surface area contributed by atoms with Crippen LogP contribution in [0.2, 0.25) is 10.0 Å². The second kappa shape index (κ2) is 5.41. The van der Waals surface area contributed by atoms with Crippen LogP contribution in [0.3, 0.4) is 0 Å². The molecule has 1 heterocycles. The van der Waals surface area contributed by atoms with Gasteiger partial charge >= 0.3 is 0 Å². The van der Waals surface area contributed by atoms with Crippen LogP contribution < -0.4 is 5.32 Å². The SMILES string of the molecule is Cc1c(Cl)cc(NC(=O)Cn2cnnn2)c(O)c1Cl. The molecule has 0 bridgehead atoms. The fraction of sp³-hybridized carbons (Fsp3) is 0.200. The molecule has 2 aromatic rings. The molecule has 0 spiro atoms. The zero-order valence-electron chi connectivity index (χ0n) is 9.76. The van der Waals surface area contributed by atoms with Gasteiger partial charge in [0.2, 0.25) is 5.91 Å². The largest absolute Gasteiger partial charge is 0.504 e. The molecule has 0 radical (unpaired) electrons. The van der Waals surface area contributed by atoms with Crippen molar-refractivity contribution in [1.82, 2.24) is 20.2 Å². The minimum atomic E-state index is -0.418. The van der Waals surface area contributed by atoms with Crippen molar-refractivity contribution < 1.29 is 9.90 Å². The second-order valence-corrected chi connectivity index (χ2v) is 4.53. The van der Waals surface area contributed by atoms with Gasteiger partial charge in [0.1, 0.15) is 12.9 Å². The lowest BCUT2D eigenvalue weighted by Crippen LogP contribution is -2.19. The summed E-state index contributed by atoms with van der Waals surface area (Å²) in [5.74, 6) is -0.646.